The largest absolute Gasteiger partial charge is 0.463 e. The highest BCUT2D eigenvalue weighted by atomic mass is 16.4. The van der Waals surface area contributed by atoms with Crippen LogP contribution in [0.2, 0.25) is 0 Å². The lowest BCUT2D eigenvalue weighted by Gasteiger charge is -2.03. The summed E-state index contributed by atoms with van der Waals surface area (Å²) in [6.45, 7) is 0. The molecule has 0 unspecified atom stereocenters. The van der Waals surface area contributed by atoms with Crippen LogP contribution in [0, 0.1) is 11.3 Å². The molecule has 6 heteroatoms. The predicted octanol–water partition coefficient (Wildman–Crippen LogP) is 6.24. The summed E-state index contributed by atoms with van der Waals surface area (Å²) in [4.78, 5) is 25.4. The van der Waals surface area contributed by atoms with Crippen LogP contribution in [0.5, 0.6) is 0 Å². The third-order valence-corrected chi connectivity index (χ3v) is 5.48. The number of rotatable bonds is 5. The van der Waals surface area contributed by atoms with E-state index in [1.807, 2.05) is 60.7 Å². The van der Waals surface area contributed by atoms with Crippen LogP contribution in [0.15, 0.2) is 111 Å². The molecule has 5 aromatic rings. The first-order valence-corrected chi connectivity index (χ1v) is 10.8. The molecule has 0 aliphatic rings. The topological polar surface area (TPSA) is 96.2 Å². The molecule has 0 saturated carbocycles. The van der Waals surface area contributed by atoms with E-state index in [-0.39, 0.29) is 22.4 Å². The van der Waals surface area contributed by atoms with Gasteiger partial charge in [-0.1, -0.05) is 72.8 Å². The second-order valence-electron chi connectivity index (χ2n) is 7.69. The number of anilines is 1. The lowest BCUT2D eigenvalue weighted by molar-refractivity contribution is -0.111. The monoisotopic (exact) mass is 458 g/mol. The zero-order chi connectivity index (χ0) is 24.2. The molecule has 0 bridgehead atoms. The summed E-state index contributed by atoms with van der Waals surface area (Å²) in [7, 11) is 0. The van der Waals surface area contributed by atoms with Crippen molar-refractivity contribution in [1.82, 2.24) is 0 Å². The molecule has 2 aromatic heterocycles. The van der Waals surface area contributed by atoms with Gasteiger partial charge >= 0.3 is 0 Å². The minimum Gasteiger partial charge on any atom is -0.463 e. The van der Waals surface area contributed by atoms with Gasteiger partial charge in [0.15, 0.2) is 5.43 Å². The summed E-state index contributed by atoms with van der Waals surface area (Å²) in [6, 6.07) is 27.8. The number of benzene rings is 3. The molecular weight excluding hydrogens is 440 g/mol. The molecule has 1 amide bonds. The van der Waals surface area contributed by atoms with Crippen LogP contribution in [-0.4, -0.2) is 5.91 Å². The van der Waals surface area contributed by atoms with Crippen molar-refractivity contribution in [2.45, 2.75) is 0 Å². The highest BCUT2D eigenvalue weighted by Gasteiger charge is 2.23. The lowest BCUT2D eigenvalue weighted by Crippen LogP contribution is -2.09. The van der Waals surface area contributed by atoms with E-state index in [0.717, 1.165) is 11.1 Å². The molecule has 3 aromatic carbocycles. The number of furan rings is 1. The Morgan fingerprint density at radius 1 is 0.886 bits per heavy atom. The van der Waals surface area contributed by atoms with E-state index in [1.54, 1.807) is 24.3 Å². The number of fused-ring (bicyclic) bond motifs is 1. The van der Waals surface area contributed by atoms with Gasteiger partial charge in [-0.05, 0) is 23.8 Å². The standard InChI is InChI=1S/C29H18N2O4/c30-17-23-26(19-9-3-1-4-10-19)28(20-11-5-2-6-12-20)35-29(23)31-25(32)16-15-21-18-34-24-14-8-7-13-22(24)27(21)33/h1-16,18H,(H,31,32)/b16-15+. The van der Waals surface area contributed by atoms with E-state index in [4.69, 9.17) is 8.83 Å². The molecular formula is C29H18N2O4. The Kier molecular flexibility index (Phi) is 5.81. The fourth-order valence-electron chi connectivity index (χ4n) is 3.83. The van der Waals surface area contributed by atoms with Crippen LogP contribution in [0.3, 0.4) is 0 Å². The van der Waals surface area contributed by atoms with Crippen molar-refractivity contribution in [2.75, 3.05) is 5.32 Å². The van der Waals surface area contributed by atoms with Crippen molar-refractivity contribution < 1.29 is 13.6 Å². The van der Waals surface area contributed by atoms with Crippen LogP contribution in [0.25, 0.3) is 39.5 Å². The van der Waals surface area contributed by atoms with E-state index in [1.165, 1.54) is 18.4 Å². The van der Waals surface area contributed by atoms with Crippen molar-refractivity contribution in [3.05, 3.63) is 119 Å². The van der Waals surface area contributed by atoms with Crippen molar-refractivity contribution in [3.63, 3.8) is 0 Å². The molecule has 0 radical (unpaired) electrons. The van der Waals surface area contributed by atoms with Gasteiger partial charge in [0.1, 0.15) is 29.2 Å². The van der Waals surface area contributed by atoms with Crippen molar-refractivity contribution in [2.24, 2.45) is 0 Å². The highest BCUT2D eigenvalue weighted by Crippen LogP contribution is 2.41. The van der Waals surface area contributed by atoms with Gasteiger partial charge in [0, 0.05) is 17.2 Å². The summed E-state index contributed by atoms with van der Waals surface area (Å²) in [5.41, 5.74) is 2.81. The maximum Gasteiger partial charge on any atom is 0.250 e. The molecule has 1 N–H and O–H groups in total. The van der Waals surface area contributed by atoms with E-state index < -0.39 is 5.91 Å². The normalized spacial score (nSPS) is 10.9. The lowest BCUT2D eigenvalue weighted by atomic mass is 9.98. The Morgan fingerprint density at radius 3 is 2.26 bits per heavy atom. The minimum absolute atomic E-state index is 0.0328. The SMILES string of the molecule is N#Cc1c(NC(=O)/C=C/c2coc3ccccc3c2=O)oc(-c2ccccc2)c1-c1ccccc1. The molecule has 6 nitrogen and oxygen atoms in total. The molecule has 0 fully saturated rings. The molecule has 0 aliphatic carbocycles. The Labute approximate surface area is 200 Å². The number of hydrogen-bond acceptors (Lipinski definition) is 5. The smallest absolute Gasteiger partial charge is 0.250 e. The minimum atomic E-state index is -0.554. The summed E-state index contributed by atoms with van der Waals surface area (Å²) in [5.74, 6) is -0.0461. The quantitative estimate of drug-likeness (QED) is 0.314. The van der Waals surface area contributed by atoms with E-state index >= 15 is 0 Å². The third kappa shape index (κ3) is 4.26. The molecule has 168 valence electrons. The van der Waals surface area contributed by atoms with Gasteiger partial charge in [-0.15, -0.1) is 0 Å². The van der Waals surface area contributed by atoms with Crippen molar-refractivity contribution in [3.8, 4) is 28.5 Å². The fourth-order valence-corrected chi connectivity index (χ4v) is 3.83. The molecule has 0 spiro atoms. The van der Waals surface area contributed by atoms with Crippen molar-refractivity contribution in [1.29, 1.82) is 5.26 Å². The van der Waals surface area contributed by atoms with Gasteiger partial charge < -0.3 is 8.83 Å². The summed E-state index contributed by atoms with van der Waals surface area (Å²) in [5, 5.41) is 13.0. The van der Waals surface area contributed by atoms with Crippen LogP contribution in [0.1, 0.15) is 11.1 Å². The van der Waals surface area contributed by atoms with Gasteiger partial charge in [0.2, 0.25) is 5.88 Å². The third-order valence-electron chi connectivity index (χ3n) is 5.48. The Balaban J connectivity index is 1.50. The predicted molar refractivity (Wildman–Crippen MR) is 134 cm³/mol. The maximum atomic E-state index is 12.7. The van der Waals surface area contributed by atoms with E-state index in [0.29, 0.717) is 22.3 Å². The first kappa shape index (κ1) is 21.7. The average molecular weight is 458 g/mol. The fraction of sp³-hybridized carbons (Fsp3) is 0. The zero-order valence-corrected chi connectivity index (χ0v) is 18.4. The Bertz CT molecular complexity index is 1660. The van der Waals surface area contributed by atoms with Gasteiger partial charge in [0.05, 0.1) is 10.9 Å². The Morgan fingerprint density at radius 2 is 1.54 bits per heavy atom. The molecule has 0 saturated heterocycles. The van der Waals surface area contributed by atoms with Crippen LogP contribution < -0.4 is 10.7 Å². The summed E-state index contributed by atoms with van der Waals surface area (Å²) in [6.07, 6.45) is 3.89. The van der Waals surface area contributed by atoms with E-state index in [9.17, 15) is 14.9 Å². The van der Waals surface area contributed by atoms with Gasteiger partial charge in [-0.25, -0.2) is 0 Å². The number of carbonyl (C=O) groups is 1. The zero-order valence-electron chi connectivity index (χ0n) is 18.4. The first-order chi connectivity index (χ1) is 17.2. The van der Waals surface area contributed by atoms with Crippen LogP contribution in [0.4, 0.5) is 5.88 Å². The number of nitriles is 1. The van der Waals surface area contributed by atoms with Crippen molar-refractivity contribution >= 4 is 28.8 Å². The summed E-state index contributed by atoms with van der Waals surface area (Å²) < 4.78 is 11.5. The van der Waals surface area contributed by atoms with Gasteiger partial charge in [0.25, 0.3) is 5.91 Å². The molecule has 0 aliphatic heterocycles. The molecule has 5 rings (SSSR count). The second-order valence-corrected chi connectivity index (χ2v) is 7.69. The average Bonchev–Trinajstić information content (AvgIpc) is 3.27. The van der Waals surface area contributed by atoms with Gasteiger partial charge in [-0.2, -0.15) is 5.26 Å². The van der Waals surface area contributed by atoms with Crippen LogP contribution >= 0.6 is 0 Å². The number of hydrogen-bond donors (Lipinski definition) is 1. The number of amides is 1. The molecule has 0 atom stereocenters. The van der Waals surface area contributed by atoms with Gasteiger partial charge in [-0.3, -0.25) is 14.9 Å². The molecule has 2 heterocycles. The molecule has 35 heavy (non-hydrogen) atoms. The number of carbonyl (C=O) groups excluding carboxylic acids is 1. The Hall–Kier alpha value is -5.15. The van der Waals surface area contributed by atoms with Crippen LogP contribution in [-0.2, 0) is 4.79 Å². The second kappa shape index (κ2) is 9.38. The first-order valence-electron chi connectivity index (χ1n) is 10.8. The highest BCUT2D eigenvalue weighted by molar-refractivity contribution is 6.03. The summed E-state index contributed by atoms with van der Waals surface area (Å²) >= 11 is 0. The number of nitrogens with zero attached hydrogens (tertiary/aromatic N) is 1. The maximum absolute atomic E-state index is 12.7. The number of para-hydroxylation sites is 1. The number of nitrogens with one attached hydrogen (secondary N) is 1. The van der Waals surface area contributed by atoms with E-state index in [2.05, 4.69) is 11.4 Å².